The van der Waals surface area contributed by atoms with E-state index >= 15 is 0 Å². The first-order valence-corrected chi connectivity index (χ1v) is 6.89. The molecule has 1 aromatic heterocycles. The molecule has 0 saturated heterocycles. The number of para-hydroxylation sites is 1. The van der Waals surface area contributed by atoms with Gasteiger partial charge in [0.2, 0.25) is 0 Å². The SMILES string of the molecule is C=C1C=c2nc3ccccc3c(C)c2=CC(=C)C1(C)C. The highest BCUT2D eigenvalue weighted by Gasteiger charge is 2.24. The van der Waals surface area contributed by atoms with Gasteiger partial charge in [0.1, 0.15) is 0 Å². The Bertz CT molecular complexity index is 867. The van der Waals surface area contributed by atoms with Gasteiger partial charge < -0.3 is 0 Å². The number of benzene rings is 1. The fourth-order valence-electron chi connectivity index (χ4n) is 2.61. The van der Waals surface area contributed by atoms with Gasteiger partial charge in [-0.1, -0.05) is 45.2 Å². The van der Waals surface area contributed by atoms with Crippen LogP contribution in [-0.4, -0.2) is 4.98 Å². The smallest absolute Gasteiger partial charge is 0.0715 e. The normalized spacial score (nSPS) is 17.1. The topological polar surface area (TPSA) is 12.9 Å². The molecule has 1 heterocycles. The Morgan fingerprint density at radius 2 is 1.65 bits per heavy atom. The van der Waals surface area contributed by atoms with Gasteiger partial charge in [-0.15, -0.1) is 0 Å². The Hall–Kier alpha value is -2.15. The van der Waals surface area contributed by atoms with E-state index in [2.05, 4.69) is 64.3 Å². The van der Waals surface area contributed by atoms with Crippen molar-refractivity contribution in [2.45, 2.75) is 20.8 Å². The van der Waals surface area contributed by atoms with E-state index in [0.29, 0.717) is 0 Å². The first kappa shape index (κ1) is 12.9. The number of hydrogen-bond acceptors (Lipinski definition) is 1. The van der Waals surface area contributed by atoms with E-state index in [9.17, 15) is 0 Å². The molecule has 1 heteroatoms. The van der Waals surface area contributed by atoms with Gasteiger partial charge in [-0.3, -0.25) is 0 Å². The summed E-state index contributed by atoms with van der Waals surface area (Å²) >= 11 is 0. The second-order valence-electron chi connectivity index (χ2n) is 6.02. The highest BCUT2D eigenvalue weighted by molar-refractivity contribution is 5.83. The van der Waals surface area contributed by atoms with E-state index in [-0.39, 0.29) is 5.41 Å². The molecule has 1 nitrogen and oxygen atoms in total. The monoisotopic (exact) mass is 261 g/mol. The molecule has 0 N–H and O–H groups in total. The zero-order valence-corrected chi connectivity index (χ0v) is 12.3. The van der Waals surface area contributed by atoms with E-state index in [1.165, 1.54) is 16.2 Å². The molecule has 0 amide bonds. The van der Waals surface area contributed by atoms with Crippen LogP contribution in [0.1, 0.15) is 19.4 Å². The van der Waals surface area contributed by atoms with E-state index < -0.39 is 0 Å². The molecule has 0 radical (unpaired) electrons. The van der Waals surface area contributed by atoms with Gasteiger partial charge in [-0.05, 0) is 41.9 Å². The number of aromatic nitrogens is 1. The predicted octanol–water partition coefficient (Wildman–Crippen LogP) is 3.26. The Morgan fingerprint density at radius 3 is 2.40 bits per heavy atom. The maximum absolute atomic E-state index is 4.80. The summed E-state index contributed by atoms with van der Waals surface area (Å²) in [4.78, 5) is 4.80. The standard InChI is InChI=1S/C19H19N/c1-12-10-16-14(3)15-8-6-7-9-17(15)20-18(16)11-13(2)19(12,4)5/h6-11H,1-2H2,3-5H3. The fourth-order valence-corrected chi connectivity index (χ4v) is 2.61. The lowest BCUT2D eigenvalue weighted by molar-refractivity contribution is 0.585. The minimum atomic E-state index is -0.126. The number of pyridine rings is 1. The zero-order chi connectivity index (χ0) is 14.5. The Morgan fingerprint density at radius 1 is 1.00 bits per heavy atom. The van der Waals surface area contributed by atoms with Crippen LogP contribution in [0.3, 0.4) is 0 Å². The quantitative estimate of drug-likeness (QED) is 0.709. The molecule has 20 heavy (non-hydrogen) atoms. The average molecular weight is 261 g/mol. The molecule has 100 valence electrons. The van der Waals surface area contributed by atoms with Crippen LogP contribution < -0.4 is 10.6 Å². The van der Waals surface area contributed by atoms with Crippen molar-refractivity contribution in [2.75, 3.05) is 0 Å². The zero-order valence-electron chi connectivity index (χ0n) is 12.3. The number of nitrogens with zero attached hydrogens (tertiary/aromatic N) is 1. The van der Waals surface area contributed by atoms with E-state index in [1.54, 1.807) is 0 Å². The molecule has 0 aliphatic heterocycles. The molecule has 3 rings (SSSR count). The molecule has 0 unspecified atom stereocenters. The average Bonchev–Trinajstić information content (AvgIpc) is 2.49. The highest BCUT2D eigenvalue weighted by atomic mass is 14.7. The van der Waals surface area contributed by atoms with Crippen LogP contribution in [-0.2, 0) is 0 Å². The Kier molecular flexibility index (Phi) is 2.68. The molecule has 1 aromatic carbocycles. The third kappa shape index (κ3) is 1.74. The molecular formula is C19H19N. The van der Waals surface area contributed by atoms with Crippen LogP contribution in [0.4, 0.5) is 0 Å². The van der Waals surface area contributed by atoms with Crippen LogP contribution >= 0.6 is 0 Å². The summed E-state index contributed by atoms with van der Waals surface area (Å²) < 4.78 is 0. The molecule has 1 aliphatic rings. The number of fused-ring (bicyclic) bond motifs is 2. The third-order valence-electron chi connectivity index (χ3n) is 4.46. The van der Waals surface area contributed by atoms with Crippen molar-refractivity contribution in [3.8, 4) is 0 Å². The first-order valence-electron chi connectivity index (χ1n) is 6.89. The van der Waals surface area contributed by atoms with Gasteiger partial charge in [-0.25, -0.2) is 4.98 Å². The molecule has 2 aromatic rings. The van der Waals surface area contributed by atoms with Gasteiger partial charge in [0.05, 0.1) is 10.9 Å². The van der Waals surface area contributed by atoms with Crippen molar-refractivity contribution in [1.82, 2.24) is 4.98 Å². The molecular weight excluding hydrogens is 242 g/mol. The first-order chi connectivity index (χ1) is 9.41. The number of rotatable bonds is 0. The Labute approximate surface area is 119 Å². The predicted molar refractivity (Wildman–Crippen MR) is 86.7 cm³/mol. The summed E-state index contributed by atoms with van der Waals surface area (Å²) in [5.41, 5.74) is 4.30. The number of hydrogen-bond donors (Lipinski definition) is 0. The van der Waals surface area contributed by atoms with Crippen LogP contribution in [0.15, 0.2) is 48.6 Å². The van der Waals surface area contributed by atoms with Crippen molar-refractivity contribution in [2.24, 2.45) is 5.41 Å². The second-order valence-corrected chi connectivity index (χ2v) is 6.02. The van der Waals surface area contributed by atoms with Crippen LogP contribution in [0, 0.1) is 12.3 Å². The largest absolute Gasteiger partial charge is 0.248 e. The third-order valence-corrected chi connectivity index (χ3v) is 4.46. The second kappa shape index (κ2) is 4.17. The van der Waals surface area contributed by atoms with Gasteiger partial charge in [0.25, 0.3) is 0 Å². The minimum absolute atomic E-state index is 0.126. The Balaban J connectivity index is 2.53. The summed E-state index contributed by atoms with van der Waals surface area (Å²) in [6.07, 6.45) is 4.27. The summed E-state index contributed by atoms with van der Waals surface area (Å²) in [7, 11) is 0. The van der Waals surface area contributed by atoms with Gasteiger partial charge in [-0.2, -0.15) is 0 Å². The molecule has 0 saturated carbocycles. The van der Waals surface area contributed by atoms with E-state index in [0.717, 1.165) is 22.0 Å². The van der Waals surface area contributed by atoms with Gasteiger partial charge >= 0.3 is 0 Å². The summed E-state index contributed by atoms with van der Waals surface area (Å²) in [5.74, 6) is 0. The van der Waals surface area contributed by atoms with Crippen molar-refractivity contribution in [3.63, 3.8) is 0 Å². The maximum Gasteiger partial charge on any atom is 0.0715 e. The van der Waals surface area contributed by atoms with Crippen molar-refractivity contribution >= 4 is 23.1 Å². The molecule has 0 bridgehead atoms. The summed E-state index contributed by atoms with van der Waals surface area (Å²) in [6, 6.07) is 8.27. The molecule has 0 atom stereocenters. The summed E-state index contributed by atoms with van der Waals surface area (Å²) in [5, 5.41) is 3.37. The lowest BCUT2D eigenvalue weighted by Crippen LogP contribution is -2.30. The molecule has 0 fully saturated rings. The van der Waals surface area contributed by atoms with E-state index in [4.69, 9.17) is 4.98 Å². The highest BCUT2D eigenvalue weighted by Crippen LogP contribution is 2.35. The lowest BCUT2D eigenvalue weighted by atomic mass is 9.79. The van der Waals surface area contributed by atoms with Crippen LogP contribution in [0.25, 0.3) is 23.1 Å². The lowest BCUT2D eigenvalue weighted by Gasteiger charge is -2.25. The van der Waals surface area contributed by atoms with Crippen molar-refractivity contribution in [1.29, 1.82) is 0 Å². The van der Waals surface area contributed by atoms with Crippen LogP contribution in [0.2, 0.25) is 0 Å². The maximum atomic E-state index is 4.80. The number of allylic oxidation sites excluding steroid dienone is 2. The molecule has 1 aliphatic carbocycles. The number of aryl methyl sites for hydroxylation is 1. The van der Waals surface area contributed by atoms with Crippen LogP contribution in [0.5, 0.6) is 0 Å². The van der Waals surface area contributed by atoms with E-state index in [1.807, 2.05) is 6.07 Å². The fraction of sp³-hybridized carbons (Fsp3) is 0.211. The van der Waals surface area contributed by atoms with Gasteiger partial charge in [0, 0.05) is 16.0 Å². The minimum Gasteiger partial charge on any atom is -0.248 e. The van der Waals surface area contributed by atoms with Crippen molar-refractivity contribution < 1.29 is 0 Å². The van der Waals surface area contributed by atoms with Crippen molar-refractivity contribution in [3.05, 3.63) is 64.7 Å². The summed E-state index contributed by atoms with van der Waals surface area (Å²) in [6.45, 7) is 14.9. The molecule has 0 spiro atoms. The van der Waals surface area contributed by atoms with Gasteiger partial charge in [0.15, 0.2) is 0 Å².